The molecule has 0 aliphatic carbocycles. The molecule has 0 aliphatic heterocycles. The van der Waals surface area contributed by atoms with Crippen molar-refractivity contribution in [1.29, 1.82) is 0 Å². The molecule has 1 aromatic carbocycles. The minimum atomic E-state index is -0.109. The smallest absolute Gasteiger partial charge is 0.0904 e. The SMILES string of the molecule is CCc1cccnc1C(NN)c1c[nH]c2ccccc12. The summed E-state index contributed by atoms with van der Waals surface area (Å²) < 4.78 is 0. The van der Waals surface area contributed by atoms with Gasteiger partial charge in [0.15, 0.2) is 0 Å². The Balaban J connectivity index is 2.14. The van der Waals surface area contributed by atoms with Gasteiger partial charge in [-0.1, -0.05) is 31.2 Å². The van der Waals surface area contributed by atoms with E-state index in [4.69, 9.17) is 5.84 Å². The molecule has 0 aliphatic rings. The highest BCUT2D eigenvalue weighted by Crippen LogP contribution is 2.29. The second-order valence-corrected chi connectivity index (χ2v) is 4.79. The van der Waals surface area contributed by atoms with Gasteiger partial charge in [-0.3, -0.25) is 10.8 Å². The Morgan fingerprint density at radius 1 is 1.25 bits per heavy atom. The third-order valence-electron chi connectivity index (χ3n) is 3.68. The average Bonchev–Trinajstić information content (AvgIpc) is 2.93. The third kappa shape index (κ3) is 2.09. The van der Waals surface area contributed by atoms with Crippen molar-refractivity contribution >= 4 is 10.9 Å². The minimum absolute atomic E-state index is 0.109. The molecule has 0 fully saturated rings. The maximum atomic E-state index is 5.81. The van der Waals surface area contributed by atoms with Gasteiger partial charge in [-0.25, -0.2) is 5.43 Å². The van der Waals surface area contributed by atoms with Crippen LogP contribution in [0.4, 0.5) is 0 Å². The van der Waals surface area contributed by atoms with Gasteiger partial charge in [0.25, 0.3) is 0 Å². The van der Waals surface area contributed by atoms with E-state index in [2.05, 4.69) is 40.5 Å². The first-order valence-electron chi connectivity index (χ1n) is 6.81. The van der Waals surface area contributed by atoms with Crippen molar-refractivity contribution in [3.63, 3.8) is 0 Å². The molecule has 102 valence electrons. The fourth-order valence-corrected chi connectivity index (χ4v) is 2.66. The van der Waals surface area contributed by atoms with E-state index >= 15 is 0 Å². The van der Waals surface area contributed by atoms with Crippen LogP contribution in [0.5, 0.6) is 0 Å². The Bertz CT molecular complexity index is 717. The summed E-state index contributed by atoms with van der Waals surface area (Å²) in [5, 5.41) is 1.17. The van der Waals surface area contributed by atoms with Gasteiger partial charge in [0.2, 0.25) is 0 Å². The first-order valence-corrected chi connectivity index (χ1v) is 6.81. The summed E-state index contributed by atoms with van der Waals surface area (Å²) in [6, 6.07) is 12.2. The lowest BCUT2D eigenvalue weighted by Crippen LogP contribution is -2.30. The van der Waals surface area contributed by atoms with Crippen molar-refractivity contribution in [3.8, 4) is 0 Å². The third-order valence-corrected chi connectivity index (χ3v) is 3.68. The van der Waals surface area contributed by atoms with Crippen molar-refractivity contribution < 1.29 is 0 Å². The summed E-state index contributed by atoms with van der Waals surface area (Å²) in [6.07, 6.45) is 4.75. The first-order chi connectivity index (χ1) is 9.85. The summed E-state index contributed by atoms with van der Waals surface area (Å²) >= 11 is 0. The Kier molecular flexibility index (Phi) is 3.50. The zero-order chi connectivity index (χ0) is 13.9. The number of hydrogen-bond donors (Lipinski definition) is 3. The lowest BCUT2D eigenvalue weighted by Gasteiger charge is -2.17. The lowest BCUT2D eigenvalue weighted by atomic mass is 9.98. The number of fused-ring (bicyclic) bond motifs is 1. The molecule has 3 rings (SSSR count). The lowest BCUT2D eigenvalue weighted by molar-refractivity contribution is 0.618. The minimum Gasteiger partial charge on any atom is -0.361 e. The number of rotatable bonds is 4. The van der Waals surface area contributed by atoms with Crippen LogP contribution in [0.15, 0.2) is 48.8 Å². The number of nitrogens with one attached hydrogen (secondary N) is 2. The Morgan fingerprint density at radius 3 is 2.90 bits per heavy atom. The summed E-state index contributed by atoms with van der Waals surface area (Å²) in [7, 11) is 0. The number of nitrogens with zero attached hydrogens (tertiary/aromatic N) is 1. The highest BCUT2D eigenvalue weighted by molar-refractivity contribution is 5.84. The molecule has 1 atom stereocenters. The zero-order valence-corrected chi connectivity index (χ0v) is 11.4. The predicted octanol–water partition coefficient (Wildman–Crippen LogP) is 2.68. The van der Waals surface area contributed by atoms with Crippen LogP contribution in [0.3, 0.4) is 0 Å². The second kappa shape index (κ2) is 5.45. The van der Waals surface area contributed by atoms with Gasteiger partial charge in [0.05, 0.1) is 11.7 Å². The highest BCUT2D eigenvalue weighted by Gasteiger charge is 2.19. The molecule has 4 heteroatoms. The molecule has 2 heterocycles. The van der Waals surface area contributed by atoms with Crippen LogP contribution in [-0.2, 0) is 6.42 Å². The number of pyridine rings is 1. The number of aryl methyl sites for hydroxylation is 1. The molecule has 4 N–H and O–H groups in total. The van der Waals surface area contributed by atoms with Crippen molar-refractivity contribution in [3.05, 3.63) is 65.6 Å². The van der Waals surface area contributed by atoms with E-state index in [1.54, 1.807) is 0 Å². The summed E-state index contributed by atoms with van der Waals surface area (Å²) in [5.41, 5.74) is 7.33. The van der Waals surface area contributed by atoms with Crippen molar-refractivity contribution in [2.45, 2.75) is 19.4 Å². The van der Waals surface area contributed by atoms with E-state index in [0.29, 0.717) is 0 Å². The fraction of sp³-hybridized carbons (Fsp3) is 0.188. The van der Waals surface area contributed by atoms with Crippen LogP contribution in [0.1, 0.15) is 29.8 Å². The summed E-state index contributed by atoms with van der Waals surface area (Å²) in [6.45, 7) is 2.13. The largest absolute Gasteiger partial charge is 0.361 e. The van der Waals surface area contributed by atoms with E-state index in [1.165, 1.54) is 10.9 Å². The van der Waals surface area contributed by atoms with Crippen molar-refractivity contribution in [2.75, 3.05) is 0 Å². The Labute approximate surface area is 118 Å². The number of nitrogens with two attached hydrogens (primary N) is 1. The zero-order valence-electron chi connectivity index (χ0n) is 11.4. The molecule has 0 amide bonds. The van der Waals surface area contributed by atoms with Crippen LogP contribution in [0.2, 0.25) is 0 Å². The van der Waals surface area contributed by atoms with Crippen LogP contribution in [0, 0.1) is 0 Å². The van der Waals surface area contributed by atoms with Crippen molar-refractivity contribution in [1.82, 2.24) is 15.4 Å². The van der Waals surface area contributed by atoms with Crippen molar-refractivity contribution in [2.24, 2.45) is 5.84 Å². The normalized spacial score (nSPS) is 12.7. The fourth-order valence-electron chi connectivity index (χ4n) is 2.66. The number of hydrazine groups is 1. The number of aromatic nitrogens is 2. The molecule has 3 aromatic rings. The number of aromatic amines is 1. The molecular weight excluding hydrogens is 248 g/mol. The molecule has 0 saturated carbocycles. The second-order valence-electron chi connectivity index (χ2n) is 4.79. The van der Waals surface area contributed by atoms with Crippen LogP contribution >= 0.6 is 0 Å². The maximum Gasteiger partial charge on any atom is 0.0904 e. The van der Waals surface area contributed by atoms with Crippen LogP contribution < -0.4 is 11.3 Å². The monoisotopic (exact) mass is 266 g/mol. The van der Waals surface area contributed by atoms with E-state index in [1.807, 2.05) is 30.6 Å². The van der Waals surface area contributed by atoms with Gasteiger partial charge in [-0.15, -0.1) is 0 Å². The standard InChI is InChI=1S/C16H18N4/c1-2-11-6-5-9-18-15(11)16(20-17)13-10-19-14-8-4-3-7-12(13)14/h3-10,16,19-20H,2,17H2,1H3. The summed E-state index contributed by atoms with van der Waals surface area (Å²) in [5.74, 6) is 5.81. The number of benzene rings is 1. The Hall–Kier alpha value is -2.17. The van der Waals surface area contributed by atoms with Gasteiger partial charge in [0, 0.05) is 28.9 Å². The topological polar surface area (TPSA) is 66.7 Å². The molecule has 20 heavy (non-hydrogen) atoms. The highest BCUT2D eigenvalue weighted by atomic mass is 15.2. The van der Waals surface area contributed by atoms with E-state index < -0.39 is 0 Å². The molecular formula is C16H18N4. The van der Waals surface area contributed by atoms with Crippen LogP contribution in [-0.4, -0.2) is 9.97 Å². The number of H-pyrrole nitrogens is 1. The quantitative estimate of drug-likeness (QED) is 0.502. The molecule has 0 radical (unpaired) electrons. The van der Waals surface area contributed by atoms with E-state index in [-0.39, 0.29) is 6.04 Å². The molecule has 2 aromatic heterocycles. The number of hydrogen-bond acceptors (Lipinski definition) is 3. The van der Waals surface area contributed by atoms with Gasteiger partial charge in [-0.2, -0.15) is 0 Å². The van der Waals surface area contributed by atoms with Gasteiger partial charge < -0.3 is 4.98 Å². The van der Waals surface area contributed by atoms with Gasteiger partial charge in [-0.05, 0) is 24.1 Å². The maximum absolute atomic E-state index is 5.81. The van der Waals surface area contributed by atoms with E-state index in [0.717, 1.165) is 23.2 Å². The average molecular weight is 266 g/mol. The molecule has 4 nitrogen and oxygen atoms in total. The molecule has 1 unspecified atom stereocenters. The van der Waals surface area contributed by atoms with E-state index in [9.17, 15) is 0 Å². The van der Waals surface area contributed by atoms with Gasteiger partial charge >= 0.3 is 0 Å². The van der Waals surface area contributed by atoms with Crippen LogP contribution in [0.25, 0.3) is 10.9 Å². The summed E-state index contributed by atoms with van der Waals surface area (Å²) in [4.78, 5) is 7.81. The van der Waals surface area contributed by atoms with Gasteiger partial charge in [0.1, 0.15) is 0 Å². The molecule has 0 bridgehead atoms. The Morgan fingerprint density at radius 2 is 2.10 bits per heavy atom. The first kappa shape index (κ1) is 12.8. The molecule has 0 spiro atoms. The number of para-hydroxylation sites is 1. The predicted molar refractivity (Wildman–Crippen MR) is 81.1 cm³/mol. The molecule has 0 saturated heterocycles.